The SMILES string of the molecule is C[C@H](CN)NC(=O)c1cc(Br)ccc1I. The van der Waals surface area contributed by atoms with Crippen molar-refractivity contribution in [1.82, 2.24) is 5.32 Å². The maximum atomic E-state index is 11.8. The maximum Gasteiger partial charge on any atom is 0.252 e. The van der Waals surface area contributed by atoms with Gasteiger partial charge in [0.2, 0.25) is 0 Å². The molecule has 0 aliphatic rings. The van der Waals surface area contributed by atoms with Gasteiger partial charge in [-0.3, -0.25) is 4.79 Å². The van der Waals surface area contributed by atoms with Gasteiger partial charge in [0, 0.05) is 20.6 Å². The highest BCUT2D eigenvalue weighted by Gasteiger charge is 2.12. The zero-order valence-corrected chi connectivity index (χ0v) is 12.0. The average Bonchev–Trinajstić information content (AvgIpc) is 2.21. The Morgan fingerprint density at radius 1 is 1.67 bits per heavy atom. The topological polar surface area (TPSA) is 55.1 Å². The molecule has 0 saturated carbocycles. The number of carbonyl (C=O) groups is 1. The fourth-order valence-corrected chi connectivity index (χ4v) is 1.97. The second-order valence-electron chi connectivity index (χ2n) is 3.23. The minimum Gasteiger partial charge on any atom is -0.348 e. The van der Waals surface area contributed by atoms with Crippen LogP contribution in [-0.2, 0) is 0 Å². The van der Waals surface area contributed by atoms with Gasteiger partial charge in [-0.1, -0.05) is 15.9 Å². The average molecular weight is 383 g/mol. The highest BCUT2D eigenvalue weighted by Crippen LogP contribution is 2.18. The second-order valence-corrected chi connectivity index (χ2v) is 5.31. The molecule has 0 aliphatic carbocycles. The summed E-state index contributed by atoms with van der Waals surface area (Å²) in [6.45, 7) is 2.32. The fraction of sp³-hybridized carbons (Fsp3) is 0.300. The van der Waals surface area contributed by atoms with Crippen molar-refractivity contribution in [3.63, 3.8) is 0 Å². The van der Waals surface area contributed by atoms with Crippen molar-refractivity contribution in [3.05, 3.63) is 31.8 Å². The van der Waals surface area contributed by atoms with Gasteiger partial charge in [0.05, 0.1) is 5.56 Å². The van der Waals surface area contributed by atoms with Crippen LogP contribution in [0.25, 0.3) is 0 Å². The molecule has 1 aromatic rings. The molecule has 0 unspecified atom stereocenters. The number of carbonyl (C=O) groups excluding carboxylic acids is 1. The molecule has 0 aromatic heterocycles. The predicted molar refractivity (Wildman–Crippen MR) is 72.8 cm³/mol. The Morgan fingerprint density at radius 3 is 2.93 bits per heavy atom. The highest BCUT2D eigenvalue weighted by atomic mass is 127. The lowest BCUT2D eigenvalue weighted by molar-refractivity contribution is 0.0940. The van der Waals surface area contributed by atoms with Gasteiger partial charge in [-0.15, -0.1) is 0 Å². The molecule has 0 aliphatic heterocycles. The van der Waals surface area contributed by atoms with Crippen LogP contribution in [0.5, 0.6) is 0 Å². The van der Waals surface area contributed by atoms with Crippen LogP contribution < -0.4 is 11.1 Å². The number of rotatable bonds is 3. The number of nitrogens with two attached hydrogens (primary N) is 1. The lowest BCUT2D eigenvalue weighted by atomic mass is 10.2. The number of benzene rings is 1. The van der Waals surface area contributed by atoms with E-state index >= 15 is 0 Å². The molecule has 82 valence electrons. The van der Waals surface area contributed by atoms with Crippen LogP contribution in [0.4, 0.5) is 0 Å². The van der Waals surface area contributed by atoms with Gasteiger partial charge in [-0.2, -0.15) is 0 Å². The van der Waals surface area contributed by atoms with Crippen molar-refractivity contribution >= 4 is 44.4 Å². The Kier molecular flexibility index (Phi) is 5.01. The lowest BCUT2D eigenvalue weighted by Gasteiger charge is -2.12. The first kappa shape index (κ1) is 12.9. The molecule has 0 fully saturated rings. The number of amides is 1. The monoisotopic (exact) mass is 382 g/mol. The van der Waals surface area contributed by atoms with Gasteiger partial charge in [0.15, 0.2) is 0 Å². The largest absolute Gasteiger partial charge is 0.348 e. The van der Waals surface area contributed by atoms with E-state index in [0.717, 1.165) is 8.04 Å². The first-order valence-corrected chi connectivity index (χ1v) is 6.37. The first-order valence-electron chi connectivity index (χ1n) is 4.50. The van der Waals surface area contributed by atoms with Crippen LogP contribution >= 0.6 is 38.5 Å². The van der Waals surface area contributed by atoms with E-state index in [9.17, 15) is 4.79 Å². The van der Waals surface area contributed by atoms with E-state index in [1.165, 1.54) is 0 Å². The second kappa shape index (κ2) is 5.81. The molecule has 1 atom stereocenters. The normalized spacial score (nSPS) is 12.3. The Bertz CT molecular complexity index is 370. The van der Waals surface area contributed by atoms with Gasteiger partial charge in [0.25, 0.3) is 5.91 Å². The Hall–Kier alpha value is -0.140. The quantitative estimate of drug-likeness (QED) is 0.787. The van der Waals surface area contributed by atoms with Gasteiger partial charge >= 0.3 is 0 Å². The summed E-state index contributed by atoms with van der Waals surface area (Å²) in [6.07, 6.45) is 0. The smallest absolute Gasteiger partial charge is 0.252 e. The van der Waals surface area contributed by atoms with Crippen molar-refractivity contribution in [2.75, 3.05) is 6.54 Å². The zero-order valence-electron chi connectivity index (χ0n) is 8.26. The summed E-state index contributed by atoms with van der Waals surface area (Å²) in [7, 11) is 0. The first-order chi connectivity index (χ1) is 7.04. The highest BCUT2D eigenvalue weighted by molar-refractivity contribution is 14.1. The van der Waals surface area contributed by atoms with Crippen LogP contribution in [-0.4, -0.2) is 18.5 Å². The molecule has 0 spiro atoms. The molecular formula is C10H12BrIN2O. The molecule has 0 radical (unpaired) electrons. The zero-order chi connectivity index (χ0) is 11.4. The Labute approximate surface area is 111 Å². The van der Waals surface area contributed by atoms with Gasteiger partial charge in [-0.05, 0) is 47.7 Å². The molecule has 0 bridgehead atoms. The fourth-order valence-electron chi connectivity index (χ4n) is 1.03. The van der Waals surface area contributed by atoms with Crippen molar-refractivity contribution in [1.29, 1.82) is 0 Å². The van der Waals surface area contributed by atoms with Crippen LogP contribution in [0.3, 0.4) is 0 Å². The molecule has 0 heterocycles. The summed E-state index contributed by atoms with van der Waals surface area (Å²) in [4.78, 5) is 11.8. The summed E-state index contributed by atoms with van der Waals surface area (Å²) < 4.78 is 1.82. The number of hydrogen-bond acceptors (Lipinski definition) is 2. The summed E-state index contributed by atoms with van der Waals surface area (Å²) in [5.41, 5.74) is 6.11. The third-order valence-corrected chi connectivity index (χ3v) is 3.34. The summed E-state index contributed by atoms with van der Waals surface area (Å²) >= 11 is 5.48. The van der Waals surface area contributed by atoms with E-state index in [0.29, 0.717) is 12.1 Å². The Morgan fingerprint density at radius 2 is 2.33 bits per heavy atom. The maximum absolute atomic E-state index is 11.8. The molecule has 3 N–H and O–H groups in total. The molecule has 1 aromatic carbocycles. The molecule has 1 amide bonds. The number of nitrogens with one attached hydrogen (secondary N) is 1. The van der Waals surface area contributed by atoms with Crippen molar-refractivity contribution < 1.29 is 4.79 Å². The van der Waals surface area contributed by atoms with Crippen LogP contribution in [0.15, 0.2) is 22.7 Å². The standard InChI is InChI=1S/C10H12BrIN2O/c1-6(5-13)14-10(15)8-4-7(11)2-3-9(8)12/h2-4,6H,5,13H2,1H3,(H,14,15)/t6-/m1/s1. The summed E-state index contributed by atoms with van der Waals surface area (Å²) in [5.74, 6) is -0.0846. The van der Waals surface area contributed by atoms with E-state index in [1.807, 2.05) is 19.1 Å². The lowest BCUT2D eigenvalue weighted by Crippen LogP contribution is -2.38. The van der Waals surface area contributed by atoms with E-state index < -0.39 is 0 Å². The van der Waals surface area contributed by atoms with E-state index in [1.54, 1.807) is 6.07 Å². The molecule has 1 rings (SSSR count). The minimum atomic E-state index is -0.0846. The molecule has 0 saturated heterocycles. The van der Waals surface area contributed by atoms with E-state index in [2.05, 4.69) is 43.8 Å². The third kappa shape index (κ3) is 3.73. The van der Waals surface area contributed by atoms with Crippen LogP contribution in [0, 0.1) is 3.57 Å². The predicted octanol–water partition coefficient (Wildman–Crippen LogP) is 2.13. The summed E-state index contributed by atoms with van der Waals surface area (Å²) in [5, 5.41) is 2.82. The molecule has 3 nitrogen and oxygen atoms in total. The van der Waals surface area contributed by atoms with Gasteiger partial charge in [-0.25, -0.2) is 0 Å². The van der Waals surface area contributed by atoms with Gasteiger partial charge < -0.3 is 11.1 Å². The minimum absolute atomic E-state index is 0.00715. The summed E-state index contributed by atoms with van der Waals surface area (Å²) in [6, 6.07) is 5.60. The van der Waals surface area contributed by atoms with Crippen molar-refractivity contribution in [2.45, 2.75) is 13.0 Å². The third-order valence-electron chi connectivity index (χ3n) is 1.90. The van der Waals surface area contributed by atoms with Crippen LogP contribution in [0.1, 0.15) is 17.3 Å². The van der Waals surface area contributed by atoms with E-state index in [4.69, 9.17) is 5.73 Å². The number of hydrogen-bond donors (Lipinski definition) is 2. The number of halogens is 2. The Balaban J connectivity index is 2.86. The van der Waals surface area contributed by atoms with Crippen LogP contribution in [0.2, 0.25) is 0 Å². The van der Waals surface area contributed by atoms with E-state index in [-0.39, 0.29) is 11.9 Å². The van der Waals surface area contributed by atoms with Crippen molar-refractivity contribution in [2.24, 2.45) is 5.73 Å². The molecule has 5 heteroatoms. The van der Waals surface area contributed by atoms with Crippen molar-refractivity contribution in [3.8, 4) is 0 Å². The molecular weight excluding hydrogens is 371 g/mol. The van der Waals surface area contributed by atoms with Gasteiger partial charge in [0.1, 0.15) is 0 Å². The molecule has 15 heavy (non-hydrogen) atoms.